The molecule has 0 amide bonds. The maximum atomic E-state index is 4.25. The molecule has 0 heterocycles. The Labute approximate surface area is 51.8 Å². The fraction of sp³-hybridized carbons (Fsp3) is 0.857. The van der Waals surface area contributed by atoms with Gasteiger partial charge in [0.05, 0.1) is 5.54 Å². The molecule has 0 saturated heterocycles. The molecule has 1 nitrogen and oxygen atoms in total. The summed E-state index contributed by atoms with van der Waals surface area (Å²) in [6.45, 7) is 8.38. The Morgan fingerprint density at radius 1 is 1.38 bits per heavy atom. The van der Waals surface area contributed by atoms with Crippen molar-refractivity contribution in [1.82, 2.24) is 0 Å². The number of rotatable bonds is 1. The molecule has 0 bridgehead atoms. The molecule has 0 aromatic rings. The Hall–Kier alpha value is -0.330. The first-order chi connectivity index (χ1) is 3.56. The van der Waals surface area contributed by atoms with Gasteiger partial charge in [-0.15, -0.1) is 0 Å². The van der Waals surface area contributed by atoms with Gasteiger partial charge in [0, 0.05) is 0 Å². The average molecular weight is 113 g/mol. The van der Waals surface area contributed by atoms with Gasteiger partial charge in [-0.2, -0.15) is 0 Å². The highest BCUT2D eigenvalue weighted by atomic mass is 14.8. The molecule has 1 heteroatoms. The average Bonchev–Trinajstić information content (AvgIpc) is 1.59. The Kier molecular flexibility index (Phi) is 2.74. The van der Waals surface area contributed by atoms with Crippen LogP contribution in [0.3, 0.4) is 0 Å². The Morgan fingerprint density at radius 2 is 1.88 bits per heavy atom. The molecule has 0 aliphatic carbocycles. The van der Waals surface area contributed by atoms with Gasteiger partial charge < -0.3 is 0 Å². The van der Waals surface area contributed by atoms with E-state index in [9.17, 15) is 0 Å². The summed E-state index contributed by atoms with van der Waals surface area (Å²) in [7, 11) is 0. The minimum absolute atomic E-state index is 0.121. The van der Waals surface area contributed by atoms with E-state index in [2.05, 4.69) is 32.7 Å². The van der Waals surface area contributed by atoms with Crippen LogP contribution >= 0.6 is 0 Å². The highest BCUT2D eigenvalue weighted by Gasteiger charge is 2.02. The fourth-order valence-corrected chi connectivity index (χ4v) is 0.365. The number of hydrogen-bond donors (Lipinski definition) is 0. The van der Waals surface area contributed by atoms with Crippen LogP contribution in [-0.2, 0) is 0 Å². The lowest BCUT2D eigenvalue weighted by molar-refractivity contribution is 0.585. The molecular weight excluding hydrogens is 98.1 g/mol. The van der Waals surface area contributed by atoms with Gasteiger partial charge in [-0.1, -0.05) is 6.92 Å². The molecule has 0 radical (unpaired) electrons. The van der Waals surface area contributed by atoms with Crippen LogP contribution in [0.4, 0.5) is 0 Å². The number of nitrogens with zero attached hydrogens (tertiary/aromatic N) is 1. The van der Waals surface area contributed by atoms with Crippen LogP contribution in [0.1, 0.15) is 34.1 Å². The monoisotopic (exact) mass is 113 g/mol. The Bertz CT molecular complexity index is 76.9. The summed E-state index contributed by atoms with van der Waals surface area (Å²) in [4.78, 5) is 4.25. The van der Waals surface area contributed by atoms with Gasteiger partial charge in [-0.05, 0) is 33.4 Å². The first-order valence-corrected chi connectivity index (χ1v) is 3.10. The van der Waals surface area contributed by atoms with Crippen molar-refractivity contribution in [3.8, 4) is 0 Å². The van der Waals surface area contributed by atoms with Crippen molar-refractivity contribution >= 4 is 6.21 Å². The van der Waals surface area contributed by atoms with Crippen LogP contribution in [0.15, 0.2) is 4.99 Å². The van der Waals surface area contributed by atoms with E-state index < -0.39 is 0 Å². The highest BCUT2D eigenvalue weighted by Crippen LogP contribution is 2.04. The van der Waals surface area contributed by atoms with Crippen LogP contribution in [0.5, 0.6) is 0 Å². The maximum absolute atomic E-state index is 4.25. The van der Waals surface area contributed by atoms with E-state index >= 15 is 0 Å². The lowest BCUT2D eigenvalue weighted by Crippen LogP contribution is -2.08. The van der Waals surface area contributed by atoms with Gasteiger partial charge >= 0.3 is 0 Å². The van der Waals surface area contributed by atoms with Crippen molar-refractivity contribution in [2.75, 3.05) is 0 Å². The third-order valence-corrected chi connectivity index (χ3v) is 0.661. The highest BCUT2D eigenvalue weighted by molar-refractivity contribution is 5.57. The summed E-state index contributed by atoms with van der Waals surface area (Å²) >= 11 is 0. The van der Waals surface area contributed by atoms with Crippen molar-refractivity contribution in [2.24, 2.45) is 4.99 Å². The first kappa shape index (κ1) is 7.67. The van der Waals surface area contributed by atoms with Crippen molar-refractivity contribution in [1.29, 1.82) is 0 Å². The summed E-state index contributed by atoms with van der Waals surface area (Å²) in [6.07, 6.45) is 3.00. The topological polar surface area (TPSA) is 12.4 Å². The molecule has 8 heavy (non-hydrogen) atoms. The molecule has 0 unspecified atom stereocenters. The lowest BCUT2D eigenvalue weighted by atomic mass is 10.1. The zero-order valence-corrected chi connectivity index (χ0v) is 6.23. The number of hydrogen-bond acceptors (Lipinski definition) is 1. The van der Waals surface area contributed by atoms with Gasteiger partial charge in [-0.3, -0.25) is 4.99 Å². The van der Waals surface area contributed by atoms with Crippen LogP contribution < -0.4 is 0 Å². The van der Waals surface area contributed by atoms with Crippen LogP contribution in [0.2, 0.25) is 0 Å². The van der Waals surface area contributed by atoms with Crippen molar-refractivity contribution < 1.29 is 0 Å². The summed E-state index contributed by atoms with van der Waals surface area (Å²) in [5.74, 6) is 0. The Balaban J connectivity index is 3.52. The molecule has 0 aromatic heterocycles. The van der Waals surface area contributed by atoms with Gasteiger partial charge in [0.1, 0.15) is 0 Å². The van der Waals surface area contributed by atoms with Gasteiger partial charge in [-0.25, -0.2) is 0 Å². The SMILES string of the molecule is CCC=NC(C)(C)C. The number of aliphatic imine (C=N–C) groups is 1. The molecule has 0 N–H and O–H groups in total. The summed E-state index contributed by atoms with van der Waals surface area (Å²) in [6, 6.07) is 0. The second-order valence-electron chi connectivity index (χ2n) is 2.89. The fourth-order valence-electron chi connectivity index (χ4n) is 0.365. The molecule has 0 spiro atoms. The third kappa shape index (κ3) is 5.67. The molecule has 48 valence electrons. The van der Waals surface area contributed by atoms with Gasteiger partial charge in [0.25, 0.3) is 0 Å². The zero-order valence-electron chi connectivity index (χ0n) is 6.23. The molecule has 0 aliphatic rings. The summed E-state index contributed by atoms with van der Waals surface area (Å²) in [5.41, 5.74) is 0.121. The minimum Gasteiger partial charge on any atom is -0.292 e. The first-order valence-electron chi connectivity index (χ1n) is 3.10. The summed E-state index contributed by atoms with van der Waals surface area (Å²) in [5, 5.41) is 0. The second-order valence-corrected chi connectivity index (χ2v) is 2.89. The van der Waals surface area contributed by atoms with Crippen molar-refractivity contribution in [2.45, 2.75) is 39.7 Å². The standard InChI is InChI=1S/C7H15N/c1-5-6-8-7(2,3)4/h6H,5H2,1-4H3. The normalized spacial score (nSPS) is 13.0. The van der Waals surface area contributed by atoms with E-state index in [1.165, 1.54) is 0 Å². The lowest BCUT2D eigenvalue weighted by Gasteiger charge is -2.09. The molecule has 0 atom stereocenters. The minimum atomic E-state index is 0.121. The maximum Gasteiger partial charge on any atom is 0.0520 e. The summed E-state index contributed by atoms with van der Waals surface area (Å²) < 4.78 is 0. The molecule has 0 fully saturated rings. The second kappa shape index (κ2) is 2.85. The van der Waals surface area contributed by atoms with Crippen molar-refractivity contribution in [3.63, 3.8) is 0 Å². The quantitative estimate of drug-likeness (QED) is 0.462. The zero-order chi connectivity index (χ0) is 6.62. The smallest absolute Gasteiger partial charge is 0.0520 e. The van der Waals surface area contributed by atoms with E-state index in [-0.39, 0.29) is 5.54 Å². The van der Waals surface area contributed by atoms with E-state index in [1.54, 1.807) is 0 Å². The van der Waals surface area contributed by atoms with Crippen molar-refractivity contribution in [3.05, 3.63) is 0 Å². The van der Waals surface area contributed by atoms with Crippen LogP contribution in [-0.4, -0.2) is 11.8 Å². The molecule has 0 aliphatic heterocycles. The molecule has 0 rings (SSSR count). The Morgan fingerprint density at radius 3 is 2.00 bits per heavy atom. The van der Waals surface area contributed by atoms with E-state index in [4.69, 9.17) is 0 Å². The molecule has 0 aromatic carbocycles. The predicted octanol–water partition coefficient (Wildman–Crippen LogP) is 2.27. The van der Waals surface area contributed by atoms with Crippen LogP contribution in [0, 0.1) is 0 Å². The predicted molar refractivity (Wildman–Crippen MR) is 38.5 cm³/mol. The van der Waals surface area contributed by atoms with Gasteiger partial charge in [0.2, 0.25) is 0 Å². The largest absolute Gasteiger partial charge is 0.292 e. The van der Waals surface area contributed by atoms with Crippen LogP contribution in [0.25, 0.3) is 0 Å². The van der Waals surface area contributed by atoms with E-state index in [1.807, 2.05) is 6.21 Å². The third-order valence-electron chi connectivity index (χ3n) is 0.661. The molecule has 0 saturated carbocycles. The van der Waals surface area contributed by atoms with E-state index in [0.29, 0.717) is 0 Å². The van der Waals surface area contributed by atoms with E-state index in [0.717, 1.165) is 6.42 Å². The van der Waals surface area contributed by atoms with Gasteiger partial charge in [0.15, 0.2) is 0 Å². The molecular formula is C7H15N.